The van der Waals surface area contributed by atoms with Crippen molar-refractivity contribution in [3.63, 3.8) is 0 Å². The quantitative estimate of drug-likeness (QED) is 0.742. The van der Waals surface area contributed by atoms with Gasteiger partial charge in [0.05, 0.1) is 0 Å². The van der Waals surface area contributed by atoms with Gasteiger partial charge in [-0.15, -0.1) is 13.2 Å². The van der Waals surface area contributed by atoms with E-state index < -0.39 is 0 Å². The summed E-state index contributed by atoms with van der Waals surface area (Å²) in [6, 6.07) is 2.56. The Labute approximate surface area is 123 Å². The molecule has 1 saturated heterocycles. The van der Waals surface area contributed by atoms with Crippen LogP contribution in [0.25, 0.3) is 6.08 Å². The third-order valence-electron chi connectivity index (χ3n) is 3.59. The van der Waals surface area contributed by atoms with Crippen molar-refractivity contribution in [3.8, 4) is 0 Å². The molecule has 112 valence electrons. The van der Waals surface area contributed by atoms with Gasteiger partial charge in [-0.25, -0.2) is 0 Å². The van der Waals surface area contributed by atoms with E-state index in [0.717, 1.165) is 25.9 Å². The third kappa shape index (κ3) is 4.36. The van der Waals surface area contributed by atoms with Crippen LogP contribution < -0.4 is 11.1 Å². The van der Waals surface area contributed by atoms with Crippen molar-refractivity contribution in [2.75, 3.05) is 13.1 Å². The van der Waals surface area contributed by atoms with E-state index in [1.807, 2.05) is 0 Å². The Bertz CT molecular complexity index is 443. The second kappa shape index (κ2) is 8.08. The fourth-order valence-electron chi connectivity index (χ4n) is 2.48. The van der Waals surface area contributed by atoms with Crippen LogP contribution >= 0.6 is 0 Å². The molecule has 20 heavy (non-hydrogen) atoms. The summed E-state index contributed by atoms with van der Waals surface area (Å²) in [7, 11) is 0. The first-order valence-electron chi connectivity index (χ1n) is 7.47. The maximum atomic E-state index is 5.99. The smallest absolute Gasteiger partial charge is 0.0415 e. The number of nitrogens with two attached hydrogens (primary N) is 1. The molecular formula is C17H29N3. The first kappa shape index (κ1) is 16.7. The maximum absolute atomic E-state index is 5.99. The van der Waals surface area contributed by atoms with Crippen molar-refractivity contribution in [3.05, 3.63) is 41.7 Å². The molecular weight excluding hydrogens is 246 g/mol. The maximum Gasteiger partial charge on any atom is 0.0415 e. The van der Waals surface area contributed by atoms with E-state index in [4.69, 9.17) is 5.73 Å². The number of piperidine rings is 1. The molecule has 0 aliphatic carbocycles. The second-order valence-electron chi connectivity index (χ2n) is 5.57. The van der Waals surface area contributed by atoms with Gasteiger partial charge in [0.1, 0.15) is 0 Å². The zero-order chi connectivity index (χ0) is 15.1. The fraction of sp³-hybridized carbons (Fsp3) is 0.529. The number of rotatable bonds is 3. The van der Waals surface area contributed by atoms with Crippen molar-refractivity contribution < 1.29 is 0 Å². The summed E-state index contributed by atoms with van der Waals surface area (Å²) in [5, 5.41) is 3.36. The van der Waals surface area contributed by atoms with Crippen LogP contribution in [0.5, 0.6) is 0 Å². The molecule has 3 heteroatoms. The normalized spacial score (nSPS) is 20.9. The molecule has 0 amide bonds. The number of H-pyrrole nitrogens is 1. The molecule has 2 heterocycles. The average Bonchev–Trinajstić information content (AvgIpc) is 2.84. The van der Waals surface area contributed by atoms with E-state index in [1.165, 1.54) is 22.5 Å². The van der Waals surface area contributed by atoms with Crippen molar-refractivity contribution in [1.29, 1.82) is 0 Å². The highest BCUT2D eigenvalue weighted by molar-refractivity contribution is 5.55. The number of hydrogen-bond acceptors (Lipinski definition) is 2. The highest BCUT2D eigenvalue weighted by Gasteiger charge is 2.14. The van der Waals surface area contributed by atoms with E-state index in [1.54, 1.807) is 0 Å². The van der Waals surface area contributed by atoms with Gasteiger partial charge in [-0.2, -0.15) is 0 Å². The van der Waals surface area contributed by atoms with E-state index in [0.29, 0.717) is 5.92 Å². The lowest BCUT2D eigenvalue weighted by atomic mass is 10.0. The molecule has 1 unspecified atom stereocenters. The Kier molecular flexibility index (Phi) is 6.76. The molecule has 1 fully saturated rings. The van der Waals surface area contributed by atoms with Gasteiger partial charge in [0.2, 0.25) is 0 Å². The average molecular weight is 275 g/mol. The van der Waals surface area contributed by atoms with Crippen LogP contribution in [0.4, 0.5) is 0 Å². The minimum Gasteiger partial charge on any atom is -0.358 e. The molecule has 1 aliphatic rings. The zero-order valence-corrected chi connectivity index (χ0v) is 13.1. The summed E-state index contributed by atoms with van der Waals surface area (Å²) in [5.41, 5.74) is 11.4. The van der Waals surface area contributed by atoms with Gasteiger partial charge in [-0.3, -0.25) is 0 Å². The first-order valence-corrected chi connectivity index (χ1v) is 7.47. The van der Waals surface area contributed by atoms with Crippen LogP contribution in [0.2, 0.25) is 0 Å². The zero-order valence-electron chi connectivity index (χ0n) is 13.1. The molecule has 0 aromatic carbocycles. The predicted octanol–water partition coefficient (Wildman–Crippen LogP) is 3.21. The minimum atomic E-state index is 0.259. The van der Waals surface area contributed by atoms with E-state index in [9.17, 15) is 0 Å². The van der Waals surface area contributed by atoms with Crippen molar-refractivity contribution >= 4 is 6.08 Å². The van der Waals surface area contributed by atoms with E-state index in [2.05, 4.69) is 56.4 Å². The van der Waals surface area contributed by atoms with Crippen LogP contribution in [-0.4, -0.2) is 24.1 Å². The summed E-state index contributed by atoms with van der Waals surface area (Å²) in [5.74, 6) is 0.550. The van der Waals surface area contributed by atoms with E-state index >= 15 is 0 Å². The molecule has 0 spiro atoms. The third-order valence-corrected chi connectivity index (χ3v) is 3.59. The molecule has 0 saturated carbocycles. The molecule has 0 radical (unpaired) electrons. The Morgan fingerprint density at radius 3 is 2.70 bits per heavy atom. The molecule has 1 aliphatic heterocycles. The van der Waals surface area contributed by atoms with Crippen molar-refractivity contribution in [1.82, 2.24) is 10.3 Å². The number of aryl methyl sites for hydroxylation is 1. The lowest BCUT2D eigenvalue weighted by Crippen LogP contribution is -2.40. The molecule has 3 nitrogen and oxygen atoms in total. The number of nitrogens with one attached hydrogen (secondary N) is 2. The number of aromatic nitrogens is 1. The first-order chi connectivity index (χ1) is 9.60. The SMILES string of the molecule is C=C.CCc1cc(C(C)C)[nH]c1/C=C1\CNCC(N)C1. The van der Waals surface area contributed by atoms with Crippen molar-refractivity contribution in [2.24, 2.45) is 5.73 Å². The van der Waals surface area contributed by atoms with Gasteiger partial charge in [0.25, 0.3) is 0 Å². The van der Waals surface area contributed by atoms with Crippen LogP contribution in [0, 0.1) is 0 Å². The fourth-order valence-corrected chi connectivity index (χ4v) is 2.48. The molecule has 2 rings (SSSR count). The van der Waals surface area contributed by atoms with Crippen LogP contribution in [-0.2, 0) is 6.42 Å². The second-order valence-corrected chi connectivity index (χ2v) is 5.57. The summed E-state index contributed by atoms with van der Waals surface area (Å²) in [4.78, 5) is 3.55. The summed E-state index contributed by atoms with van der Waals surface area (Å²) in [6.45, 7) is 14.5. The number of hydrogen-bond donors (Lipinski definition) is 3. The largest absolute Gasteiger partial charge is 0.358 e. The Balaban J connectivity index is 0.000000956. The van der Waals surface area contributed by atoms with Gasteiger partial charge < -0.3 is 16.0 Å². The molecule has 1 aromatic rings. The summed E-state index contributed by atoms with van der Waals surface area (Å²) in [6.07, 6.45) is 4.37. The predicted molar refractivity (Wildman–Crippen MR) is 89.0 cm³/mol. The summed E-state index contributed by atoms with van der Waals surface area (Å²) >= 11 is 0. The lowest BCUT2D eigenvalue weighted by molar-refractivity contribution is 0.535. The van der Waals surface area contributed by atoms with Crippen LogP contribution in [0.15, 0.2) is 24.8 Å². The Morgan fingerprint density at radius 2 is 2.15 bits per heavy atom. The van der Waals surface area contributed by atoms with E-state index in [-0.39, 0.29) is 6.04 Å². The Hall–Kier alpha value is -1.32. The van der Waals surface area contributed by atoms with Gasteiger partial charge >= 0.3 is 0 Å². The lowest BCUT2D eigenvalue weighted by Gasteiger charge is -2.21. The highest BCUT2D eigenvalue weighted by atomic mass is 14.9. The van der Waals surface area contributed by atoms with Crippen molar-refractivity contribution in [2.45, 2.75) is 45.6 Å². The van der Waals surface area contributed by atoms with Gasteiger partial charge in [0.15, 0.2) is 0 Å². The molecule has 1 atom stereocenters. The topological polar surface area (TPSA) is 53.8 Å². The van der Waals surface area contributed by atoms with Gasteiger partial charge in [-0.05, 0) is 36.5 Å². The number of aromatic amines is 1. The monoisotopic (exact) mass is 275 g/mol. The summed E-state index contributed by atoms with van der Waals surface area (Å²) < 4.78 is 0. The van der Waals surface area contributed by atoms with Crippen LogP contribution in [0.3, 0.4) is 0 Å². The van der Waals surface area contributed by atoms with Gasteiger partial charge in [-0.1, -0.05) is 26.3 Å². The molecule has 1 aromatic heterocycles. The van der Waals surface area contributed by atoms with Crippen LogP contribution in [0.1, 0.15) is 50.1 Å². The molecule has 0 bridgehead atoms. The minimum absolute atomic E-state index is 0.259. The Morgan fingerprint density at radius 1 is 1.45 bits per heavy atom. The highest BCUT2D eigenvalue weighted by Crippen LogP contribution is 2.22. The van der Waals surface area contributed by atoms with Gasteiger partial charge in [0, 0.05) is 30.5 Å². The molecule has 4 N–H and O–H groups in total. The standard InChI is InChI=1S/C15H25N3.C2H4/c1-4-12-7-14(10(2)3)18-15(12)6-11-5-13(16)9-17-8-11;1-2/h6-7,10,13,17-18H,4-5,8-9,16H2,1-3H3;1-2H2/b11-6-;.